The number of methoxy groups -OCH3 is 1. The molecule has 0 N–H and O–H groups in total. The molecular formula is C15H11N5O2. The second-order valence-electron chi connectivity index (χ2n) is 4.33. The van der Waals surface area contributed by atoms with Gasteiger partial charge in [0, 0.05) is 24.2 Å². The molecule has 108 valence electrons. The summed E-state index contributed by atoms with van der Waals surface area (Å²) in [6, 6.07) is 6.91. The van der Waals surface area contributed by atoms with Gasteiger partial charge in [0.1, 0.15) is 11.4 Å². The van der Waals surface area contributed by atoms with Crippen molar-refractivity contribution in [3.8, 4) is 22.8 Å². The maximum Gasteiger partial charge on any atom is 0.339 e. The zero-order valence-corrected chi connectivity index (χ0v) is 11.7. The van der Waals surface area contributed by atoms with Gasteiger partial charge in [-0.05, 0) is 24.3 Å². The topological polar surface area (TPSA) is 90.8 Å². The van der Waals surface area contributed by atoms with E-state index in [1.807, 2.05) is 12.1 Å². The Morgan fingerprint density at radius 1 is 0.955 bits per heavy atom. The van der Waals surface area contributed by atoms with Gasteiger partial charge in [-0.2, -0.15) is 0 Å². The Bertz CT molecular complexity index is 773. The van der Waals surface area contributed by atoms with Crippen LogP contribution in [0.1, 0.15) is 10.4 Å². The van der Waals surface area contributed by atoms with Crippen molar-refractivity contribution in [3.05, 3.63) is 54.6 Å². The molecule has 0 fully saturated rings. The fraction of sp³-hybridized carbons (Fsp3) is 0.0667. The quantitative estimate of drug-likeness (QED) is 0.680. The summed E-state index contributed by atoms with van der Waals surface area (Å²) in [5.41, 5.74) is 2.43. The third kappa shape index (κ3) is 2.78. The molecule has 0 amide bonds. The van der Waals surface area contributed by atoms with Crippen molar-refractivity contribution in [2.75, 3.05) is 7.11 Å². The summed E-state index contributed by atoms with van der Waals surface area (Å²) in [6.45, 7) is 0. The first-order valence-corrected chi connectivity index (χ1v) is 6.43. The second kappa shape index (κ2) is 6.04. The number of hydrogen-bond donors (Lipinski definition) is 0. The number of carbonyl (C=O) groups excluding carboxylic acids is 1. The minimum Gasteiger partial charge on any atom is -0.465 e. The van der Waals surface area contributed by atoms with Crippen LogP contribution in [0.15, 0.2) is 49.1 Å². The van der Waals surface area contributed by atoms with Gasteiger partial charge in [-0.25, -0.2) is 9.78 Å². The zero-order valence-electron chi connectivity index (χ0n) is 11.7. The number of aromatic nitrogens is 5. The smallest absolute Gasteiger partial charge is 0.339 e. The van der Waals surface area contributed by atoms with Crippen LogP contribution >= 0.6 is 0 Å². The molecule has 3 aromatic heterocycles. The highest BCUT2D eigenvalue weighted by atomic mass is 16.5. The van der Waals surface area contributed by atoms with E-state index < -0.39 is 5.97 Å². The molecular weight excluding hydrogens is 282 g/mol. The van der Waals surface area contributed by atoms with Gasteiger partial charge >= 0.3 is 5.97 Å². The summed E-state index contributed by atoms with van der Waals surface area (Å²) in [4.78, 5) is 23.7. The van der Waals surface area contributed by atoms with E-state index >= 15 is 0 Å². The fourth-order valence-corrected chi connectivity index (χ4v) is 1.81. The van der Waals surface area contributed by atoms with Crippen molar-refractivity contribution >= 4 is 5.97 Å². The predicted molar refractivity (Wildman–Crippen MR) is 77.6 cm³/mol. The summed E-state index contributed by atoms with van der Waals surface area (Å²) < 4.78 is 4.62. The van der Waals surface area contributed by atoms with Gasteiger partial charge < -0.3 is 4.74 Å². The minimum atomic E-state index is -0.439. The summed E-state index contributed by atoms with van der Waals surface area (Å²) in [5, 5.41) is 8.19. The maximum atomic E-state index is 11.4. The molecule has 3 aromatic rings. The molecule has 7 nitrogen and oxygen atoms in total. The number of hydrogen-bond acceptors (Lipinski definition) is 7. The highest BCUT2D eigenvalue weighted by Gasteiger charge is 2.09. The molecule has 0 atom stereocenters. The Morgan fingerprint density at radius 2 is 1.77 bits per heavy atom. The van der Waals surface area contributed by atoms with Crippen LogP contribution in [0.4, 0.5) is 0 Å². The van der Waals surface area contributed by atoms with Crippen molar-refractivity contribution in [2.24, 2.45) is 0 Å². The molecule has 3 heterocycles. The standard InChI is InChI=1S/C15H11N5O2/c1-22-15(21)11-2-3-12(17-8-11)14-18-9-13(19-20-14)10-4-6-16-7-5-10/h2-9H,1H3. The largest absolute Gasteiger partial charge is 0.465 e. The molecule has 7 heteroatoms. The molecule has 0 aliphatic carbocycles. The normalized spacial score (nSPS) is 10.2. The first kappa shape index (κ1) is 13.7. The summed E-state index contributed by atoms with van der Waals surface area (Å²) in [7, 11) is 1.32. The average Bonchev–Trinajstić information content (AvgIpc) is 2.62. The average molecular weight is 293 g/mol. The number of rotatable bonds is 3. The van der Waals surface area contributed by atoms with Gasteiger partial charge in [-0.1, -0.05) is 0 Å². The highest BCUT2D eigenvalue weighted by Crippen LogP contribution is 2.16. The van der Waals surface area contributed by atoms with Crippen LogP contribution in [0.5, 0.6) is 0 Å². The number of ether oxygens (including phenoxy) is 1. The number of pyridine rings is 2. The van der Waals surface area contributed by atoms with E-state index in [1.165, 1.54) is 13.3 Å². The molecule has 3 rings (SSSR count). The van der Waals surface area contributed by atoms with Gasteiger partial charge in [0.05, 0.1) is 18.9 Å². The second-order valence-corrected chi connectivity index (χ2v) is 4.33. The molecule has 0 saturated carbocycles. The SMILES string of the molecule is COC(=O)c1ccc(-c2ncc(-c3ccncc3)nn2)nc1. The zero-order chi connectivity index (χ0) is 15.4. The molecule has 0 bridgehead atoms. The highest BCUT2D eigenvalue weighted by molar-refractivity contribution is 5.89. The van der Waals surface area contributed by atoms with Crippen LogP contribution in [0.2, 0.25) is 0 Å². The molecule has 0 aromatic carbocycles. The van der Waals surface area contributed by atoms with E-state index in [4.69, 9.17) is 0 Å². The van der Waals surface area contributed by atoms with E-state index in [0.29, 0.717) is 22.8 Å². The molecule has 0 aliphatic rings. The summed E-state index contributed by atoms with van der Waals surface area (Å²) in [6.07, 6.45) is 6.39. The lowest BCUT2D eigenvalue weighted by Crippen LogP contribution is -2.02. The van der Waals surface area contributed by atoms with Crippen molar-refractivity contribution in [3.63, 3.8) is 0 Å². The van der Waals surface area contributed by atoms with Crippen LogP contribution in [-0.2, 0) is 4.74 Å². The Morgan fingerprint density at radius 3 is 2.36 bits per heavy atom. The number of esters is 1. The van der Waals surface area contributed by atoms with Gasteiger partial charge in [0.2, 0.25) is 0 Å². The molecule has 0 unspecified atom stereocenters. The predicted octanol–water partition coefficient (Wildman–Crippen LogP) is 1.78. The lowest BCUT2D eigenvalue weighted by molar-refractivity contribution is 0.0600. The van der Waals surface area contributed by atoms with Crippen LogP contribution in [0.25, 0.3) is 22.8 Å². The van der Waals surface area contributed by atoms with E-state index in [9.17, 15) is 4.79 Å². The molecule has 22 heavy (non-hydrogen) atoms. The van der Waals surface area contributed by atoms with E-state index in [0.717, 1.165) is 5.56 Å². The summed E-state index contributed by atoms with van der Waals surface area (Å²) >= 11 is 0. The third-order valence-electron chi connectivity index (χ3n) is 2.95. The number of carbonyl (C=O) groups is 1. The third-order valence-corrected chi connectivity index (χ3v) is 2.95. The van der Waals surface area contributed by atoms with Gasteiger partial charge in [0.15, 0.2) is 5.82 Å². The minimum absolute atomic E-state index is 0.368. The van der Waals surface area contributed by atoms with Gasteiger partial charge in [0.25, 0.3) is 0 Å². The first-order valence-electron chi connectivity index (χ1n) is 6.43. The first-order chi connectivity index (χ1) is 10.8. The van der Waals surface area contributed by atoms with E-state index in [2.05, 4.69) is 29.9 Å². The molecule has 0 aliphatic heterocycles. The van der Waals surface area contributed by atoms with E-state index in [1.54, 1.807) is 30.7 Å². The fourth-order valence-electron chi connectivity index (χ4n) is 1.81. The Kier molecular flexibility index (Phi) is 3.78. The number of nitrogens with zero attached hydrogens (tertiary/aromatic N) is 5. The lowest BCUT2D eigenvalue weighted by Gasteiger charge is -2.02. The van der Waals surface area contributed by atoms with Crippen molar-refractivity contribution < 1.29 is 9.53 Å². The van der Waals surface area contributed by atoms with Crippen LogP contribution in [0, 0.1) is 0 Å². The Balaban J connectivity index is 1.85. The van der Waals surface area contributed by atoms with Gasteiger partial charge in [-0.3, -0.25) is 9.97 Å². The monoisotopic (exact) mass is 293 g/mol. The van der Waals surface area contributed by atoms with Crippen molar-refractivity contribution in [2.45, 2.75) is 0 Å². The molecule has 0 saturated heterocycles. The van der Waals surface area contributed by atoms with Gasteiger partial charge in [-0.15, -0.1) is 10.2 Å². The lowest BCUT2D eigenvalue weighted by atomic mass is 10.2. The summed E-state index contributed by atoms with van der Waals surface area (Å²) in [5.74, 6) is -0.0552. The molecule has 0 radical (unpaired) electrons. The van der Waals surface area contributed by atoms with E-state index in [-0.39, 0.29) is 0 Å². The van der Waals surface area contributed by atoms with Crippen molar-refractivity contribution in [1.29, 1.82) is 0 Å². The van der Waals surface area contributed by atoms with Crippen LogP contribution in [-0.4, -0.2) is 38.2 Å². The van der Waals surface area contributed by atoms with Crippen LogP contribution in [0.3, 0.4) is 0 Å². The Hall–Kier alpha value is -3.22. The maximum absolute atomic E-state index is 11.4. The Labute approximate surface area is 126 Å². The van der Waals surface area contributed by atoms with Crippen LogP contribution < -0.4 is 0 Å². The molecule has 0 spiro atoms. The van der Waals surface area contributed by atoms with Crippen molar-refractivity contribution in [1.82, 2.24) is 25.1 Å².